The van der Waals surface area contributed by atoms with E-state index in [4.69, 9.17) is 5.11 Å². The third kappa shape index (κ3) is 2.62. The number of nitrogens with one attached hydrogen (secondary N) is 1. The van der Waals surface area contributed by atoms with Gasteiger partial charge < -0.3 is 10.4 Å². The van der Waals surface area contributed by atoms with Gasteiger partial charge in [-0.3, -0.25) is 4.68 Å². The summed E-state index contributed by atoms with van der Waals surface area (Å²) in [5.41, 5.74) is 1.56. The number of aromatic nitrogens is 3. The molecule has 6 nitrogen and oxygen atoms in total. The van der Waals surface area contributed by atoms with Gasteiger partial charge in [0.15, 0.2) is 5.13 Å². The van der Waals surface area contributed by atoms with Crippen molar-refractivity contribution in [2.45, 2.75) is 13.5 Å². The summed E-state index contributed by atoms with van der Waals surface area (Å²) in [7, 11) is 1.85. The Labute approximate surface area is 102 Å². The summed E-state index contributed by atoms with van der Waals surface area (Å²) in [6.07, 6.45) is 3.65. The quantitative estimate of drug-likeness (QED) is 0.861. The lowest BCUT2D eigenvalue weighted by atomic mass is 10.4. The lowest BCUT2D eigenvalue weighted by Crippen LogP contribution is -1.97. The number of carboxylic acids is 1. The van der Waals surface area contributed by atoms with Gasteiger partial charge >= 0.3 is 5.97 Å². The molecule has 0 fully saturated rings. The number of carboxylic acid groups (broad SMARTS) is 1. The van der Waals surface area contributed by atoms with Crippen molar-refractivity contribution >= 4 is 22.4 Å². The molecule has 0 unspecified atom stereocenters. The maximum atomic E-state index is 10.8. The summed E-state index contributed by atoms with van der Waals surface area (Å²) in [4.78, 5) is 15.3. The SMILES string of the molecule is Cc1nc(NCc2cnn(C)c2)sc1C(=O)O. The van der Waals surface area contributed by atoms with Crippen molar-refractivity contribution in [1.29, 1.82) is 0 Å². The first-order valence-corrected chi connectivity index (χ1v) is 5.80. The molecule has 0 spiro atoms. The van der Waals surface area contributed by atoms with Crippen LogP contribution in [-0.2, 0) is 13.6 Å². The molecular weight excluding hydrogens is 240 g/mol. The van der Waals surface area contributed by atoms with Crippen LogP contribution in [0, 0.1) is 6.92 Å². The van der Waals surface area contributed by atoms with Gasteiger partial charge in [0.25, 0.3) is 0 Å². The molecule has 2 heterocycles. The van der Waals surface area contributed by atoms with E-state index in [9.17, 15) is 4.79 Å². The lowest BCUT2D eigenvalue weighted by molar-refractivity contribution is 0.0701. The molecule has 0 saturated heterocycles. The average Bonchev–Trinajstić information content (AvgIpc) is 2.82. The van der Waals surface area contributed by atoms with Gasteiger partial charge in [0, 0.05) is 25.4 Å². The molecule has 2 N–H and O–H groups in total. The second-order valence-electron chi connectivity index (χ2n) is 3.61. The van der Waals surface area contributed by atoms with Crippen LogP contribution in [0.4, 0.5) is 5.13 Å². The fraction of sp³-hybridized carbons (Fsp3) is 0.300. The Morgan fingerprint density at radius 1 is 1.65 bits per heavy atom. The van der Waals surface area contributed by atoms with Gasteiger partial charge in [0.1, 0.15) is 4.88 Å². The molecule has 2 aromatic heterocycles. The summed E-state index contributed by atoms with van der Waals surface area (Å²) in [6.45, 7) is 2.27. The highest BCUT2D eigenvalue weighted by molar-refractivity contribution is 7.17. The van der Waals surface area contributed by atoms with Crippen molar-refractivity contribution < 1.29 is 9.90 Å². The topological polar surface area (TPSA) is 80.0 Å². The monoisotopic (exact) mass is 252 g/mol. The lowest BCUT2D eigenvalue weighted by Gasteiger charge is -1.98. The van der Waals surface area contributed by atoms with Crippen LogP contribution < -0.4 is 5.32 Å². The van der Waals surface area contributed by atoms with Gasteiger partial charge in [-0.1, -0.05) is 11.3 Å². The first kappa shape index (κ1) is 11.6. The number of hydrogen-bond donors (Lipinski definition) is 2. The van der Waals surface area contributed by atoms with Crippen molar-refractivity contribution in [1.82, 2.24) is 14.8 Å². The van der Waals surface area contributed by atoms with Gasteiger partial charge in [-0.15, -0.1) is 0 Å². The number of anilines is 1. The average molecular weight is 252 g/mol. The van der Waals surface area contributed by atoms with E-state index in [0.717, 1.165) is 16.9 Å². The number of aryl methyl sites for hydroxylation is 2. The van der Waals surface area contributed by atoms with Gasteiger partial charge in [-0.25, -0.2) is 9.78 Å². The van der Waals surface area contributed by atoms with E-state index in [2.05, 4.69) is 15.4 Å². The summed E-state index contributed by atoms with van der Waals surface area (Å²) < 4.78 is 1.72. The molecule has 7 heteroatoms. The molecule has 0 bridgehead atoms. The normalized spacial score (nSPS) is 10.5. The predicted octanol–water partition coefficient (Wildman–Crippen LogP) is 1.50. The smallest absolute Gasteiger partial charge is 0.347 e. The first-order valence-electron chi connectivity index (χ1n) is 4.98. The molecule has 0 saturated carbocycles. The second kappa shape index (κ2) is 4.54. The standard InChI is InChI=1S/C10H12N4O2S/c1-6-8(9(15)16)17-10(13-6)11-3-7-4-12-14(2)5-7/h4-5H,3H2,1-2H3,(H,11,13)(H,15,16). The minimum atomic E-state index is -0.936. The van der Waals surface area contributed by atoms with Gasteiger partial charge in [0.2, 0.25) is 0 Å². The Morgan fingerprint density at radius 3 is 2.94 bits per heavy atom. The van der Waals surface area contributed by atoms with E-state index in [-0.39, 0.29) is 4.88 Å². The number of carbonyl (C=O) groups is 1. The molecule has 0 aromatic carbocycles. The van der Waals surface area contributed by atoms with Crippen LogP contribution in [-0.4, -0.2) is 25.8 Å². The predicted molar refractivity (Wildman–Crippen MR) is 64.3 cm³/mol. The number of aromatic carboxylic acids is 1. The van der Waals surface area contributed by atoms with Gasteiger partial charge in [0.05, 0.1) is 11.9 Å². The zero-order valence-corrected chi connectivity index (χ0v) is 10.3. The summed E-state index contributed by atoms with van der Waals surface area (Å²) in [5, 5.41) is 16.6. The molecule has 0 aliphatic heterocycles. The van der Waals surface area contributed by atoms with Crippen molar-refractivity contribution in [2.24, 2.45) is 7.05 Å². The Balaban J connectivity index is 2.04. The van der Waals surface area contributed by atoms with Crippen LogP contribution in [0.3, 0.4) is 0 Å². The summed E-state index contributed by atoms with van der Waals surface area (Å²) in [5.74, 6) is -0.936. The molecule has 0 amide bonds. The van der Waals surface area contributed by atoms with Crippen LogP contribution in [0.15, 0.2) is 12.4 Å². The van der Waals surface area contributed by atoms with Crippen molar-refractivity contribution in [3.05, 3.63) is 28.5 Å². The van der Waals surface area contributed by atoms with Crippen molar-refractivity contribution in [2.75, 3.05) is 5.32 Å². The molecule has 0 radical (unpaired) electrons. The van der Waals surface area contributed by atoms with E-state index in [0.29, 0.717) is 17.4 Å². The van der Waals surface area contributed by atoms with Crippen LogP contribution in [0.5, 0.6) is 0 Å². The molecule has 0 atom stereocenters. The molecule has 0 aliphatic carbocycles. The largest absolute Gasteiger partial charge is 0.477 e. The number of thiazole rings is 1. The second-order valence-corrected chi connectivity index (χ2v) is 4.61. The summed E-state index contributed by atoms with van der Waals surface area (Å²) >= 11 is 1.14. The fourth-order valence-corrected chi connectivity index (χ4v) is 2.21. The van der Waals surface area contributed by atoms with Gasteiger partial charge in [-0.2, -0.15) is 5.10 Å². The fourth-order valence-electron chi connectivity index (χ4n) is 1.41. The Kier molecular flexibility index (Phi) is 3.10. The molecule has 0 aliphatic rings. The van der Waals surface area contributed by atoms with Crippen LogP contribution >= 0.6 is 11.3 Å². The maximum Gasteiger partial charge on any atom is 0.347 e. The number of rotatable bonds is 4. The molecular formula is C10H12N4O2S. The Hall–Kier alpha value is -1.89. The highest BCUT2D eigenvalue weighted by Crippen LogP contribution is 2.22. The third-order valence-electron chi connectivity index (χ3n) is 2.19. The maximum absolute atomic E-state index is 10.8. The molecule has 17 heavy (non-hydrogen) atoms. The highest BCUT2D eigenvalue weighted by Gasteiger charge is 2.13. The minimum absolute atomic E-state index is 0.277. The first-order chi connectivity index (χ1) is 8.06. The van der Waals surface area contributed by atoms with Crippen LogP contribution in [0.1, 0.15) is 20.9 Å². The molecule has 90 valence electrons. The van der Waals surface area contributed by atoms with E-state index in [1.165, 1.54) is 0 Å². The van der Waals surface area contributed by atoms with Gasteiger partial charge in [-0.05, 0) is 6.92 Å². The van der Waals surface area contributed by atoms with E-state index in [1.807, 2.05) is 13.2 Å². The number of nitrogens with zero attached hydrogens (tertiary/aromatic N) is 3. The van der Waals surface area contributed by atoms with Crippen LogP contribution in [0.25, 0.3) is 0 Å². The zero-order valence-electron chi connectivity index (χ0n) is 9.47. The van der Waals surface area contributed by atoms with E-state index < -0.39 is 5.97 Å². The minimum Gasteiger partial charge on any atom is -0.477 e. The van der Waals surface area contributed by atoms with Crippen molar-refractivity contribution in [3.8, 4) is 0 Å². The summed E-state index contributed by atoms with van der Waals surface area (Å²) in [6, 6.07) is 0. The Morgan fingerprint density at radius 2 is 2.41 bits per heavy atom. The third-order valence-corrected chi connectivity index (χ3v) is 3.30. The van der Waals surface area contributed by atoms with E-state index in [1.54, 1.807) is 17.8 Å². The zero-order chi connectivity index (χ0) is 12.4. The van der Waals surface area contributed by atoms with E-state index >= 15 is 0 Å². The van der Waals surface area contributed by atoms with Crippen molar-refractivity contribution in [3.63, 3.8) is 0 Å². The van der Waals surface area contributed by atoms with Crippen LogP contribution in [0.2, 0.25) is 0 Å². The molecule has 2 rings (SSSR count). The Bertz CT molecular complexity index is 546. The molecule has 2 aromatic rings. The number of hydrogen-bond acceptors (Lipinski definition) is 5. The highest BCUT2D eigenvalue weighted by atomic mass is 32.1.